The molecule has 0 bridgehead atoms. The van der Waals surface area contributed by atoms with Crippen LogP contribution in [0.15, 0.2) is 16.3 Å². The summed E-state index contributed by atoms with van der Waals surface area (Å²) in [5.74, 6) is -0.926. The topological polar surface area (TPSA) is 104 Å². The van der Waals surface area contributed by atoms with Crippen LogP contribution >= 0.6 is 11.3 Å². The minimum absolute atomic E-state index is 0.0712. The lowest BCUT2D eigenvalue weighted by atomic mass is 10.2. The standard InChI is InChI=1S/C11H17N3O4S2/c1-7(2)11(16)13-14-20(17,18)10-5-4-9(19-10)6-12-8(3)15/h4-5,7,14H,6H2,1-3H3,(H,12,15)(H,13,16). The first-order valence-electron chi connectivity index (χ1n) is 5.87. The SMILES string of the molecule is CC(=O)NCc1ccc(S(=O)(=O)NNC(=O)C(C)C)s1. The highest BCUT2D eigenvalue weighted by Gasteiger charge is 2.18. The lowest BCUT2D eigenvalue weighted by molar-refractivity contribution is -0.124. The molecule has 0 aromatic carbocycles. The molecule has 7 nitrogen and oxygen atoms in total. The van der Waals surface area contributed by atoms with Crippen LogP contribution in [0, 0.1) is 5.92 Å². The monoisotopic (exact) mass is 319 g/mol. The Morgan fingerprint density at radius 2 is 1.95 bits per heavy atom. The van der Waals surface area contributed by atoms with E-state index in [4.69, 9.17) is 0 Å². The van der Waals surface area contributed by atoms with Crippen molar-refractivity contribution in [3.63, 3.8) is 0 Å². The Balaban J connectivity index is 2.68. The molecule has 0 aliphatic rings. The molecule has 112 valence electrons. The van der Waals surface area contributed by atoms with Gasteiger partial charge in [0.05, 0.1) is 6.54 Å². The van der Waals surface area contributed by atoms with Crippen LogP contribution in [0.1, 0.15) is 25.6 Å². The van der Waals surface area contributed by atoms with E-state index in [2.05, 4.69) is 10.7 Å². The zero-order chi connectivity index (χ0) is 15.3. The van der Waals surface area contributed by atoms with E-state index >= 15 is 0 Å². The largest absolute Gasteiger partial charge is 0.351 e. The second kappa shape index (κ2) is 6.82. The molecule has 0 unspecified atom stereocenters. The number of carbonyl (C=O) groups excluding carboxylic acids is 2. The lowest BCUT2D eigenvalue weighted by Gasteiger charge is -2.08. The van der Waals surface area contributed by atoms with Crippen LogP contribution < -0.4 is 15.6 Å². The van der Waals surface area contributed by atoms with E-state index in [1.165, 1.54) is 13.0 Å². The lowest BCUT2D eigenvalue weighted by Crippen LogP contribution is -2.43. The summed E-state index contributed by atoms with van der Waals surface area (Å²) >= 11 is 1.03. The van der Waals surface area contributed by atoms with Gasteiger partial charge in [-0.15, -0.1) is 16.2 Å². The average molecular weight is 319 g/mol. The Bertz CT molecular complexity index is 593. The predicted molar refractivity (Wildman–Crippen MR) is 75.1 cm³/mol. The summed E-state index contributed by atoms with van der Waals surface area (Å²) in [5, 5.41) is 2.58. The van der Waals surface area contributed by atoms with Gasteiger partial charge in [-0.25, -0.2) is 8.42 Å². The van der Waals surface area contributed by atoms with E-state index in [1.807, 2.05) is 4.83 Å². The summed E-state index contributed by atoms with van der Waals surface area (Å²) in [7, 11) is -3.78. The molecule has 20 heavy (non-hydrogen) atoms. The van der Waals surface area contributed by atoms with Crippen LogP contribution in [-0.4, -0.2) is 20.2 Å². The van der Waals surface area contributed by atoms with Gasteiger partial charge < -0.3 is 5.32 Å². The quantitative estimate of drug-likeness (QED) is 0.658. The zero-order valence-corrected chi connectivity index (χ0v) is 13.0. The molecule has 0 spiro atoms. The summed E-state index contributed by atoms with van der Waals surface area (Å²) in [5.41, 5.74) is 2.14. The van der Waals surface area contributed by atoms with Gasteiger partial charge in [0.1, 0.15) is 4.21 Å². The third-order valence-electron chi connectivity index (χ3n) is 2.25. The van der Waals surface area contributed by atoms with Crippen molar-refractivity contribution in [3.8, 4) is 0 Å². The van der Waals surface area contributed by atoms with E-state index in [1.54, 1.807) is 19.9 Å². The highest BCUT2D eigenvalue weighted by molar-refractivity contribution is 7.91. The molecule has 2 amide bonds. The number of hydrogen-bond donors (Lipinski definition) is 3. The molecular weight excluding hydrogens is 302 g/mol. The number of sulfonamides is 1. The highest BCUT2D eigenvalue weighted by atomic mass is 32.2. The first kappa shape index (κ1) is 16.6. The summed E-state index contributed by atoms with van der Waals surface area (Å²) in [6.45, 7) is 4.96. The van der Waals surface area contributed by atoms with Gasteiger partial charge in [-0.3, -0.25) is 15.0 Å². The van der Waals surface area contributed by atoms with Gasteiger partial charge in [-0.2, -0.15) is 0 Å². The molecular formula is C11H17N3O4S2. The number of nitrogens with one attached hydrogen (secondary N) is 3. The molecule has 0 saturated carbocycles. The fourth-order valence-electron chi connectivity index (χ4n) is 1.12. The number of hydrazine groups is 1. The minimum atomic E-state index is -3.78. The minimum Gasteiger partial charge on any atom is -0.351 e. The Kier molecular flexibility index (Phi) is 5.66. The van der Waals surface area contributed by atoms with Gasteiger partial charge >= 0.3 is 0 Å². The van der Waals surface area contributed by atoms with Crippen molar-refractivity contribution in [2.24, 2.45) is 5.92 Å². The fourth-order valence-corrected chi connectivity index (χ4v) is 3.26. The number of rotatable bonds is 6. The molecule has 1 aromatic heterocycles. The van der Waals surface area contributed by atoms with Gasteiger partial charge in [-0.1, -0.05) is 13.8 Å². The van der Waals surface area contributed by atoms with Crippen LogP contribution in [-0.2, 0) is 26.2 Å². The molecule has 0 aliphatic carbocycles. The molecule has 0 radical (unpaired) electrons. The molecule has 0 saturated heterocycles. The van der Waals surface area contributed by atoms with Gasteiger partial charge in [-0.05, 0) is 12.1 Å². The van der Waals surface area contributed by atoms with Gasteiger partial charge in [0, 0.05) is 17.7 Å². The van der Waals surface area contributed by atoms with E-state index in [-0.39, 0.29) is 22.6 Å². The Morgan fingerprint density at radius 1 is 1.30 bits per heavy atom. The molecule has 0 fully saturated rings. The summed E-state index contributed by atoms with van der Waals surface area (Å²) in [6, 6.07) is 3.03. The van der Waals surface area contributed by atoms with Crippen LogP contribution in [0.5, 0.6) is 0 Å². The van der Waals surface area contributed by atoms with Crippen molar-refractivity contribution in [1.82, 2.24) is 15.6 Å². The van der Waals surface area contributed by atoms with Crippen molar-refractivity contribution in [2.45, 2.75) is 31.5 Å². The molecule has 9 heteroatoms. The van der Waals surface area contributed by atoms with E-state index < -0.39 is 15.9 Å². The summed E-state index contributed by atoms with van der Waals surface area (Å²) in [6.07, 6.45) is 0. The third kappa shape index (κ3) is 4.91. The van der Waals surface area contributed by atoms with Crippen molar-refractivity contribution in [3.05, 3.63) is 17.0 Å². The third-order valence-corrected chi connectivity index (χ3v) is 5.07. The van der Waals surface area contributed by atoms with E-state index in [0.29, 0.717) is 4.88 Å². The fraction of sp³-hybridized carbons (Fsp3) is 0.455. The normalized spacial score (nSPS) is 11.4. The maximum absolute atomic E-state index is 11.9. The molecule has 1 rings (SSSR count). The van der Waals surface area contributed by atoms with Crippen LogP contribution in [0.4, 0.5) is 0 Å². The summed E-state index contributed by atoms with van der Waals surface area (Å²) < 4.78 is 23.9. The maximum Gasteiger partial charge on any atom is 0.266 e. The van der Waals surface area contributed by atoms with Crippen molar-refractivity contribution in [1.29, 1.82) is 0 Å². The Morgan fingerprint density at radius 3 is 2.50 bits per heavy atom. The van der Waals surface area contributed by atoms with Crippen molar-refractivity contribution >= 4 is 33.2 Å². The molecule has 1 heterocycles. The van der Waals surface area contributed by atoms with Crippen LogP contribution in [0.25, 0.3) is 0 Å². The van der Waals surface area contributed by atoms with Gasteiger partial charge in [0.2, 0.25) is 11.8 Å². The van der Waals surface area contributed by atoms with Gasteiger partial charge in [0.25, 0.3) is 10.0 Å². The van der Waals surface area contributed by atoms with E-state index in [0.717, 1.165) is 11.3 Å². The molecule has 0 atom stereocenters. The smallest absolute Gasteiger partial charge is 0.266 e. The second-order valence-corrected chi connectivity index (χ2v) is 7.46. The molecule has 3 N–H and O–H groups in total. The second-order valence-electron chi connectivity index (χ2n) is 4.38. The zero-order valence-electron chi connectivity index (χ0n) is 11.4. The van der Waals surface area contributed by atoms with Crippen LogP contribution in [0.3, 0.4) is 0 Å². The summed E-state index contributed by atoms with van der Waals surface area (Å²) in [4.78, 5) is 24.8. The number of thiophene rings is 1. The average Bonchev–Trinajstić information content (AvgIpc) is 2.82. The highest BCUT2D eigenvalue weighted by Crippen LogP contribution is 2.20. The van der Waals surface area contributed by atoms with Crippen molar-refractivity contribution in [2.75, 3.05) is 0 Å². The first-order valence-corrected chi connectivity index (χ1v) is 8.17. The maximum atomic E-state index is 11.9. The van der Waals surface area contributed by atoms with E-state index in [9.17, 15) is 18.0 Å². The number of amides is 2. The molecule has 0 aliphatic heterocycles. The predicted octanol–water partition coefficient (Wildman–Crippen LogP) is 0.350. The van der Waals surface area contributed by atoms with Crippen LogP contribution in [0.2, 0.25) is 0 Å². The Labute approximate surface area is 121 Å². The number of hydrogen-bond acceptors (Lipinski definition) is 5. The molecule has 1 aromatic rings. The first-order chi connectivity index (χ1) is 9.22. The Hall–Kier alpha value is -1.45. The number of carbonyl (C=O) groups is 2. The van der Waals surface area contributed by atoms with Gasteiger partial charge in [0.15, 0.2) is 0 Å². The van der Waals surface area contributed by atoms with Crippen molar-refractivity contribution < 1.29 is 18.0 Å².